The number of hydrogen-bond donors (Lipinski definition) is 1. The van der Waals surface area contributed by atoms with E-state index < -0.39 is 18.0 Å². The number of para-hydroxylation sites is 1. The molecule has 9 heteroatoms. The van der Waals surface area contributed by atoms with Crippen molar-refractivity contribution in [3.05, 3.63) is 58.9 Å². The lowest BCUT2D eigenvalue weighted by molar-refractivity contribution is -0.121. The van der Waals surface area contributed by atoms with E-state index in [4.69, 9.17) is 9.47 Å². The molecule has 2 amide bonds. The number of nitrogens with zero attached hydrogens (tertiary/aromatic N) is 2. The van der Waals surface area contributed by atoms with E-state index in [2.05, 4.69) is 5.32 Å². The van der Waals surface area contributed by atoms with Gasteiger partial charge in [-0.3, -0.25) is 14.5 Å². The van der Waals surface area contributed by atoms with Gasteiger partial charge in [-0.1, -0.05) is 29.8 Å². The predicted octanol–water partition coefficient (Wildman–Crippen LogP) is 3.38. The van der Waals surface area contributed by atoms with Crippen molar-refractivity contribution >= 4 is 29.2 Å². The molecule has 0 radical (unpaired) electrons. The first kappa shape index (κ1) is 24.7. The van der Waals surface area contributed by atoms with E-state index in [0.717, 1.165) is 11.1 Å². The number of Topliss-reactive ketones (excluding diaryl/α,β-unsaturated/α-hetero) is 1. The van der Waals surface area contributed by atoms with Crippen LogP contribution >= 0.6 is 0 Å². The minimum atomic E-state index is -0.589. The summed E-state index contributed by atoms with van der Waals surface area (Å²) in [4.78, 5) is 40.6. The van der Waals surface area contributed by atoms with Gasteiger partial charge in [0.1, 0.15) is 11.9 Å². The van der Waals surface area contributed by atoms with E-state index in [9.17, 15) is 18.8 Å². The van der Waals surface area contributed by atoms with Crippen molar-refractivity contribution in [2.24, 2.45) is 0 Å². The van der Waals surface area contributed by atoms with Gasteiger partial charge in [0.2, 0.25) is 5.91 Å². The van der Waals surface area contributed by atoms with E-state index in [-0.39, 0.29) is 37.6 Å². The summed E-state index contributed by atoms with van der Waals surface area (Å²) in [5, 5.41) is 2.74. The predicted molar refractivity (Wildman–Crippen MR) is 130 cm³/mol. The molecule has 4 rings (SSSR count). The normalized spacial score (nSPS) is 17.9. The molecule has 2 fully saturated rings. The lowest BCUT2D eigenvalue weighted by Crippen LogP contribution is -2.39. The summed E-state index contributed by atoms with van der Waals surface area (Å²) < 4.78 is 25.5. The molecule has 186 valence electrons. The number of anilines is 2. The molecule has 0 spiro atoms. The van der Waals surface area contributed by atoms with E-state index in [1.807, 2.05) is 30.9 Å². The Balaban J connectivity index is 1.32. The Labute approximate surface area is 204 Å². The Kier molecular flexibility index (Phi) is 7.65. The molecule has 2 aromatic carbocycles. The summed E-state index contributed by atoms with van der Waals surface area (Å²) in [5.74, 6) is -0.794. The summed E-state index contributed by atoms with van der Waals surface area (Å²) in [5.41, 5.74) is 3.37. The fourth-order valence-electron chi connectivity index (χ4n) is 4.45. The van der Waals surface area contributed by atoms with E-state index in [0.29, 0.717) is 43.2 Å². The number of carbonyl (C=O) groups is 3. The third-order valence-corrected chi connectivity index (χ3v) is 6.25. The second kappa shape index (κ2) is 10.9. The average molecular weight is 484 g/mol. The third kappa shape index (κ3) is 5.79. The Bertz CT molecular complexity index is 1120. The smallest absolute Gasteiger partial charge is 0.414 e. The van der Waals surface area contributed by atoms with Crippen molar-refractivity contribution < 1.29 is 28.2 Å². The van der Waals surface area contributed by atoms with Crippen LogP contribution in [0.25, 0.3) is 0 Å². The van der Waals surface area contributed by atoms with Crippen molar-refractivity contribution in [1.82, 2.24) is 5.32 Å². The second-order valence-corrected chi connectivity index (χ2v) is 8.87. The highest BCUT2D eigenvalue weighted by atomic mass is 19.1. The van der Waals surface area contributed by atoms with Crippen LogP contribution in [-0.4, -0.2) is 63.3 Å². The standard InChI is InChI=1S/C26H30FN3O5/c1-17-6-7-20(18(2)14-17)23(31)8-9-24(32)28-15-19-16-30(26(33)35-19)22-5-3-4-21(27)25(22)29-10-12-34-13-11-29/h3-7,14,19H,8-13,15-16H2,1-2H3,(H,28,32). The molecule has 8 nitrogen and oxygen atoms in total. The number of aryl methyl sites for hydroxylation is 2. The van der Waals surface area contributed by atoms with Crippen LogP contribution in [-0.2, 0) is 14.3 Å². The van der Waals surface area contributed by atoms with E-state index in [1.54, 1.807) is 18.2 Å². The van der Waals surface area contributed by atoms with Crippen LogP contribution < -0.4 is 15.1 Å². The van der Waals surface area contributed by atoms with Crippen LogP contribution in [0.2, 0.25) is 0 Å². The minimum Gasteiger partial charge on any atom is -0.442 e. The fourth-order valence-corrected chi connectivity index (χ4v) is 4.45. The largest absolute Gasteiger partial charge is 0.442 e. The van der Waals surface area contributed by atoms with Crippen molar-refractivity contribution in [2.75, 3.05) is 49.2 Å². The van der Waals surface area contributed by atoms with Crippen LogP contribution in [0.4, 0.5) is 20.6 Å². The third-order valence-electron chi connectivity index (χ3n) is 6.25. The molecular formula is C26H30FN3O5. The Morgan fingerprint density at radius 2 is 1.89 bits per heavy atom. The lowest BCUT2D eigenvalue weighted by atomic mass is 9.99. The molecule has 0 saturated carbocycles. The van der Waals surface area contributed by atoms with E-state index >= 15 is 0 Å². The summed E-state index contributed by atoms with van der Waals surface area (Å²) in [6.07, 6.45) is -1.03. The van der Waals surface area contributed by atoms with Gasteiger partial charge in [-0.15, -0.1) is 0 Å². The molecule has 2 aromatic rings. The summed E-state index contributed by atoms with van der Waals surface area (Å²) >= 11 is 0. The maximum atomic E-state index is 14.7. The molecule has 0 aromatic heterocycles. The number of amides is 2. The van der Waals surface area contributed by atoms with Gasteiger partial charge < -0.3 is 19.7 Å². The first-order valence-electron chi connectivity index (χ1n) is 11.8. The highest BCUT2D eigenvalue weighted by Crippen LogP contribution is 2.35. The van der Waals surface area contributed by atoms with Crippen molar-refractivity contribution in [2.45, 2.75) is 32.8 Å². The summed E-state index contributed by atoms with van der Waals surface area (Å²) in [6, 6.07) is 10.2. The molecule has 35 heavy (non-hydrogen) atoms. The van der Waals surface area contributed by atoms with Gasteiger partial charge >= 0.3 is 6.09 Å². The number of rotatable bonds is 8. The Morgan fingerprint density at radius 3 is 2.63 bits per heavy atom. The fraction of sp³-hybridized carbons (Fsp3) is 0.423. The number of nitrogens with one attached hydrogen (secondary N) is 1. The number of ether oxygens (including phenoxy) is 2. The SMILES string of the molecule is Cc1ccc(C(=O)CCC(=O)NCC2CN(c3cccc(F)c3N3CCOCC3)C(=O)O2)c(C)c1. The second-order valence-electron chi connectivity index (χ2n) is 8.87. The number of morpholine rings is 1. The Morgan fingerprint density at radius 1 is 1.11 bits per heavy atom. The van der Waals surface area contributed by atoms with Gasteiger partial charge in [0, 0.05) is 31.5 Å². The number of cyclic esters (lactones) is 1. The van der Waals surface area contributed by atoms with Crippen molar-refractivity contribution in [3.63, 3.8) is 0 Å². The molecule has 0 aliphatic carbocycles. The van der Waals surface area contributed by atoms with Crippen LogP contribution in [0.15, 0.2) is 36.4 Å². The topological polar surface area (TPSA) is 88.2 Å². The summed E-state index contributed by atoms with van der Waals surface area (Å²) in [6.45, 7) is 6.15. The highest BCUT2D eigenvalue weighted by Gasteiger charge is 2.35. The molecule has 1 N–H and O–H groups in total. The van der Waals surface area contributed by atoms with Crippen LogP contribution in [0, 0.1) is 19.7 Å². The van der Waals surface area contributed by atoms with Crippen molar-refractivity contribution in [3.8, 4) is 0 Å². The van der Waals surface area contributed by atoms with E-state index in [1.165, 1.54) is 11.0 Å². The number of ketones is 1. The van der Waals surface area contributed by atoms with Crippen LogP contribution in [0.3, 0.4) is 0 Å². The number of carbonyl (C=O) groups excluding carboxylic acids is 3. The van der Waals surface area contributed by atoms with Gasteiger partial charge in [0.15, 0.2) is 5.78 Å². The van der Waals surface area contributed by atoms with Gasteiger partial charge in [-0.2, -0.15) is 0 Å². The Hall–Kier alpha value is -3.46. The maximum absolute atomic E-state index is 14.7. The van der Waals surface area contributed by atoms with Gasteiger partial charge in [0.05, 0.1) is 37.7 Å². The summed E-state index contributed by atoms with van der Waals surface area (Å²) in [7, 11) is 0. The molecule has 0 bridgehead atoms. The molecule has 2 aliphatic heterocycles. The first-order valence-corrected chi connectivity index (χ1v) is 11.8. The molecule has 1 unspecified atom stereocenters. The quantitative estimate of drug-likeness (QED) is 0.579. The number of benzene rings is 2. The lowest BCUT2D eigenvalue weighted by Gasteiger charge is -2.32. The zero-order valence-electron chi connectivity index (χ0n) is 20.0. The zero-order chi connectivity index (χ0) is 24.9. The monoisotopic (exact) mass is 483 g/mol. The first-order chi connectivity index (χ1) is 16.8. The minimum absolute atomic E-state index is 0.0433. The van der Waals surface area contributed by atoms with Gasteiger partial charge in [-0.25, -0.2) is 9.18 Å². The number of halogens is 1. The molecular weight excluding hydrogens is 453 g/mol. The van der Waals surface area contributed by atoms with Crippen LogP contribution in [0.1, 0.15) is 34.3 Å². The maximum Gasteiger partial charge on any atom is 0.414 e. The van der Waals surface area contributed by atoms with Gasteiger partial charge in [-0.05, 0) is 31.5 Å². The molecule has 2 heterocycles. The van der Waals surface area contributed by atoms with Crippen LogP contribution in [0.5, 0.6) is 0 Å². The van der Waals surface area contributed by atoms with Crippen molar-refractivity contribution in [1.29, 1.82) is 0 Å². The highest BCUT2D eigenvalue weighted by molar-refractivity contribution is 5.99. The molecule has 1 atom stereocenters. The average Bonchev–Trinajstić information content (AvgIpc) is 3.22. The number of hydrogen-bond acceptors (Lipinski definition) is 6. The van der Waals surface area contributed by atoms with Gasteiger partial charge in [0.25, 0.3) is 0 Å². The molecule has 2 aliphatic rings. The molecule has 2 saturated heterocycles. The zero-order valence-corrected chi connectivity index (χ0v) is 20.0.